The molecule has 0 aliphatic carbocycles. The van der Waals surface area contributed by atoms with Crippen molar-refractivity contribution in [2.75, 3.05) is 5.73 Å². The third kappa shape index (κ3) is 1.72. The number of hydrogen-bond acceptors (Lipinski definition) is 5. The highest BCUT2D eigenvalue weighted by atomic mass is 32.1. The van der Waals surface area contributed by atoms with Gasteiger partial charge in [-0.15, -0.1) is 11.3 Å². The normalized spacial score (nSPS) is 10.3. The first-order chi connectivity index (χ1) is 7.59. The van der Waals surface area contributed by atoms with E-state index >= 15 is 0 Å². The zero-order chi connectivity index (χ0) is 11.7. The highest BCUT2D eigenvalue weighted by Gasteiger charge is 2.21. The van der Waals surface area contributed by atoms with Gasteiger partial charge in [-0.1, -0.05) is 0 Å². The molecule has 0 atom stereocenters. The third-order valence-corrected chi connectivity index (χ3v) is 2.88. The molecule has 5 nitrogen and oxygen atoms in total. The van der Waals surface area contributed by atoms with Crippen LogP contribution in [0, 0.1) is 15.2 Å². The molecule has 0 aliphatic rings. The number of nitrogens with zero attached hydrogens (tertiary/aromatic N) is 2. The molecule has 16 heavy (non-hydrogen) atoms. The summed E-state index contributed by atoms with van der Waals surface area (Å²) in [4.78, 5) is 14.3. The van der Waals surface area contributed by atoms with Crippen LogP contribution in [0.1, 0.15) is 0 Å². The summed E-state index contributed by atoms with van der Waals surface area (Å²) in [5.74, 6) is -0.170. The molecule has 2 aromatic rings. The van der Waals surface area contributed by atoms with E-state index in [1.165, 1.54) is 24.4 Å². The molecule has 0 radical (unpaired) electrons. The predicted molar refractivity (Wildman–Crippen MR) is 58.6 cm³/mol. The van der Waals surface area contributed by atoms with Crippen molar-refractivity contribution in [1.82, 2.24) is 4.98 Å². The van der Waals surface area contributed by atoms with Gasteiger partial charge in [0.15, 0.2) is 5.13 Å². The van der Waals surface area contributed by atoms with Gasteiger partial charge in [-0.05, 0) is 18.2 Å². The Kier molecular flexibility index (Phi) is 2.53. The summed E-state index contributed by atoms with van der Waals surface area (Å²) in [6.07, 6.45) is 1.36. The topological polar surface area (TPSA) is 82.0 Å². The monoisotopic (exact) mass is 239 g/mol. The van der Waals surface area contributed by atoms with Gasteiger partial charge in [-0.3, -0.25) is 10.1 Å². The van der Waals surface area contributed by atoms with Gasteiger partial charge in [-0.25, -0.2) is 4.98 Å². The van der Waals surface area contributed by atoms with Crippen molar-refractivity contribution < 1.29 is 9.31 Å². The Bertz CT molecular complexity index is 555. The molecule has 2 aromatic heterocycles. The van der Waals surface area contributed by atoms with Gasteiger partial charge in [0.05, 0.1) is 10.5 Å². The Morgan fingerprint density at radius 3 is 2.75 bits per heavy atom. The minimum Gasteiger partial charge on any atom is -0.378 e. The van der Waals surface area contributed by atoms with Crippen molar-refractivity contribution in [3.63, 3.8) is 0 Å². The van der Waals surface area contributed by atoms with E-state index in [0.717, 1.165) is 11.3 Å². The highest BCUT2D eigenvalue weighted by Crippen LogP contribution is 2.36. The molecular weight excluding hydrogens is 233 g/mol. The van der Waals surface area contributed by atoms with Crippen molar-refractivity contribution in [2.45, 2.75) is 0 Å². The zero-order valence-corrected chi connectivity index (χ0v) is 8.70. The van der Waals surface area contributed by atoms with Crippen molar-refractivity contribution >= 4 is 22.8 Å². The van der Waals surface area contributed by atoms with E-state index in [1.807, 2.05) is 0 Å². The Morgan fingerprint density at radius 2 is 2.19 bits per heavy atom. The Morgan fingerprint density at radius 1 is 1.44 bits per heavy atom. The maximum atomic E-state index is 12.8. The van der Waals surface area contributed by atoms with E-state index in [4.69, 9.17) is 5.73 Å². The van der Waals surface area contributed by atoms with Gasteiger partial charge in [0.2, 0.25) is 5.82 Å². The Labute approximate surface area is 93.5 Å². The van der Waals surface area contributed by atoms with Gasteiger partial charge in [-0.2, -0.15) is 4.39 Å². The number of thiophene rings is 1. The van der Waals surface area contributed by atoms with E-state index in [-0.39, 0.29) is 17.1 Å². The molecule has 2 heterocycles. The van der Waals surface area contributed by atoms with Crippen molar-refractivity contribution in [2.24, 2.45) is 0 Å². The number of pyridine rings is 1. The van der Waals surface area contributed by atoms with Crippen LogP contribution in [0.5, 0.6) is 0 Å². The lowest BCUT2D eigenvalue weighted by atomic mass is 10.2. The van der Waals surface area contributed by atoms with Gasteiger partial charge in [0.25, 0.3) is 0 Å². The Hall–Kier alpha value is -2.02. The van der Waals surface area contributed by atoms with Crippen molar-refractivity contribution in [3.8, 4) is 10.4 Å². The number of nitro groups is 1. The van der Waals surface area contributed by atoms with Gasteiger partial charge in [0.1, 0.15) is 0 Å². The van der Waals surface area contributed by atoms with Crippen molar-refractivity contribution in [1.29, 1.82) is 0 Å². The van der Waals surface area contributed by atoms with E-state index in [1.54, 1.807) is 0 Å². The largest absolute Gasteiger partial charge is 0.378 e. The van der Waals surface area contributed by atoms with Crippen LogP contribution in [0.3, 0.4) is 0 Å². The smallest absolute Gasteiger partial charge is 0.319 e. The number of nitrogens with two attached hydrogens (primary N) is 1. The van der Waals surface area contributed by atoms with Gasteiger partial charge < -0.3 is 5.73 Å². The summed E-state index contributed by atoms with van der Waals surface area (Å²) < 4.78 is 12.8. The minimum absolute atomic E-state index is 0.170. The van der Waals surface area contributed by atoms with Crippen LogP contribution in [0.2, 0.25) is 0 Å². The van der Waals surface area contributed by atoms with Crippen LogP contribution in [0.4, 0.5) is 15.9 Å². The van der Waals surface area contributed by atoms with Crippen LogP contribution in [-0.4, -0.2) is 9.91 Å². The summed E-state index contributed by atoms with van der Waals surface area (Å²) >= 11 is 0.827. The molecule has 0 aromatic carbocycles. The highest BCUT2D eigenvalue weighted by molar-refractivity contribution is 7.13. The SMILES string of the molecule is Nc1nccc(-c2ccc(F)s2)c1[N+](=O)[O-]. The summed E-state index contributed by atoms with van der Waals surface area (Å²) in [6, 6.07) is 4.17. The number of anilines is 1. The van der Waals surface area contributed by atoms with Gasteiger partial charge in [0, 0.05) is 11.1 Å². The summed E-state index contributed by atoms with van der Waals surface area (Å²) in [5, 5.41) is 10.4. The number of rotatable bonds is 2. The van der Waals surface area contributed by atoms with Crippen LogP contribution in [0.25, 0.3) is 10.4 Å². The molecule has 0 saturated heterocycles. The zero-order valence-electron chi connectivity index (χ0n) is 7.88. The fraction of sp³-hybridized carbons (Fsp3) is 0. The molecule has 2 N–H and O–H groups in total. The Balaban J connectivity index is 2.65. The minimum atomic E-state index is -0.616. The molecule has 0 aliphatic heterocycles. The van der Waals surface area contributed by atoms with Gasteiger partial charge >= 0.3 is 5.69 Å². The lowest BCUT2D eigenvalue weighted by Gasteiger charge is -2.01. The number of nitrogen functional groups attached to an aromatic ring is 1. The van der Waals surface area contributed by atoms with E-state index in [2.05, 4.69) is 4.98 Å². The first kappa shape index (κ1) is 10.5. The maximum absolute atomic E-state index is 12.8. The molecule has 0 unspecified atom stereocenters. The third-order valence-electron chi connectivity index (χ3n) is 1.97. The first-order valence-electron chi connectivity index (χ1n) is 4.24. The number of halogens is 1. The quantitative estimate of drug-likeness (QED) is 0.644. The fourth-order valence-corrected chi connectivity index (χ4v) is 2.08. The van der Waals surface area contributed by atoms with Crippen LogP contribution < -0.4 is 5.73 Å². The average Bonchev–Trinajstić information content (AvgIpc) is 2.63. The molecule has 0 fully saturated rings. The molecule has 0 spiro atoms. The number of hydrogen-bond donors (Lipinski definition) is 1. The molecule has 7 heteroatoms. The molecular formula is C9H6FN3O2S. The van der Waals surface area contributed by atoms with E-state index in [0.29, 0.717) is 4.88 Å². The van der Waals surface area contributed by atoms with Crippen LogP contribution in [-0.2, 0) is 0 Å². The van der Waals surface area contributed by atoms with Crippen molar-refractivity contribution in [3.05, 3.63) is 39.6 Å². The lowest BCUT2D eigenvalue weighted by Crippen LogP contribution is -1.99. The molecule has 0 saturated carbocycles. The van der Waals surface area contributed by atoms with E-state index < -0.39 is 10.1 Å². The predicted octanol–water partition coefficient (Wildman–Crippen LogP) is 2.44. The summed E-state index contributed by atoms with van der Waals surface area (Å²) in [7, 11) is 0. The fourth-order valence-electron chi connectivity index (χ4n) is 1.32. The summed E-state index contributed by atoms with van der Waals surface area (Å²) in [6.45, 7) is 0. The second kappa shape index (κ2) is 3.86. The number of aromatic nitrogens is 1. The molecule has 2 rings (SSSR count). The second-order valence-electron chi connectivity index (χ2n) is 2.95. The van der Waals surface area contributed by atoms with Crippen LogP contribution >= 0.6 is 11.3 Å². The lowest BCUT2D eigenvalue weighted by molar-refractivity contribution is -0.383. The molecule has 0 bridgehead atoms. The second-order valence-corrected chi connectivity index (χ2v) is 3.99. The summed E-state index contributed by atoms with van der Waals surface area (Å²) in [5.41, 5.74) is 5.42. The van der Waals surface area contributed by atoms with E-state index in [9.17, 15) is 14.5 Å². The molecule has 0 amide bonds. The average molecular weight is 239 g/mol. The molecule has 82 valence electrons. The van der Waals surface area contributed by atoms with Crippen LogP contribution in [0.15, 0.2) is 24.4 Å². The maximum Gasteiger partial charge on any atom is 0.319 e. The standard InChI is InChI=1S/C9H6FN3O2S/c10-7-2-1-6(16-7)5-3-4-12-9(11)8(5)13(14)15/h1-4H,(H2,11,12). The first-order valence-corrected chi connectivity index (χ1v) is 5.06.